The van der Waals surface area contributed by atoms with Gasteiger partial charge in [0.05, 0.1) is 0 Å². The van der Waals surface area contributed by atoms with E-state index in [0.29, 0.717) is 18.4 Å². The summed E-state index contributed by atoms with van der Waals surface area (Å²) in [7, 11) is 0. The number of carbonyl (C=O) groups is 2. The molecule has 0 spiro atoms. The number of para-hydroxylation sites is 1. The third-order valence-electron chi connectivity index (χ3n) is 6.89. The molecule has 5 nitrogen and oxygen atoms in total. The minimum Gasteiger partial charge on any atom is -0.369 e. The lowest BCUT2D eigenvalue weighted by atomic mass is 9.81. The smallest absolute Gasteiger partial charge is 0.223 e. The van der Waals surface area contributed by atoms with Gasteiger partial charge in [0.1, 0.15) is 0 Å². The predicted molar refractivity (Wildman–Crippen MR) is 111 cm³/mol. The van der Waals surface area contributed by atoms with E-state index < -0.39 is 0 Å². The first-order valence-corrected chi connectivity index (χ1v) is 11.0. The maximum atomic E-state index is 12.5. The maximum absolute atomic E-state index is 12.5. The summed E-state index contributed by atoms with van der Waals surface area (Å²) in [6.07, 6.45) is 6.11. The summed E-state index contributed by atoms with van der Waals surface area (Å²) in [6.45, 7) is 5.56. The summed E-state index contributed by atoms with van der Waals surface area (Å²) in [5.41, 5.74) is 2.73. The van der Waals surface area contributed by atoms with Crippen molar-refractivity contribution in [2.24, 2.45) is 23.7 Å². The molecule has 2 N–H and O–H groups in total. The van der Waals surface area contributed by atoms with Crippen molar-refractivity contribution in [2.75, 3.05) is 31.1 Å². The van der Waals surface area contributed by atoms with Crippen molar-refractivity contribution in [3.8, 4) is 0 Å². The molecular formula is C23H33N3O2. The van der Waals surface area contributed by atoms with Gasteiger partial charge in [-0.05, 0) is 62.0 Å². The van der Waals surface area contributed by atoms with Gasteiger partial charge in [0.15, 0.2) is 0 Å². The van der Waals surface area contributed by atoms with Gasteiger partial charge in [-0.1, -0.05) is 25.1 Å². The Balaban J connectivity index is 1.12. The quantitative estimate of drug-likeness (QED) is 0.761. The first-order chi connectivity index (χ1) is 13.6. The maximum Gasteiger partial charge on any atom is 0.223 e. The fourth-order valence-corrected chi connectivity index (χ4v) is 4.79. The number of carbonyl (C=O) groups excluding carboxylic acids is 2. The summed E-state index contributed by atoms with van der Waals surface area (Å²) in [4.78, 5) is 26.9. The van der Waals surface area contributed by atoms with E-state index in [9.17, 15) is 9.59 Å². The molecule has 28 heavy (non-hydrogen) atoms. The monoisotopic (exact) mass is 383 g/mol. The van der Waals surface area contributed by atoms with Gasteiger partial charge in [-0.3, -0.25) is 9.59 Å². The van der Waals surface area contributed by atoms with Crippen LogP contribution in [0.3, 0.4) is 0 Å². The van der Waals surface area contributed by atoms with Crippen molar-refractivity contribution in [2.45, 2.75) is 45.4 Å². The number of benzene rings is 1. The van der Waals surface area contributed by atoms with Gasteiger partial charge in [0.25, 0.3) is 0 Å². The third-order valence-corrected chi connectivity index (χ3v) is 6.89. The lowest BCUT2D eigenvalue weighted by Crippen LogP contribution is -2.39. The van der Waals surface area contributed by atoms with Crippen molar-refractivity contribution in [3.05, 3.63) is 29.8 Å². The molecule has 1 aromatic carbocycles. The zero-order valence-electron chi connectivity index (χ0n) is 17.0. The summed E-state index contributed by atoms with van der Waals surface area (Å²) in [6, 6.07) is 8.55. The zero-order chi connectivity index (χ0) is 19.5. The van der Waals surface area contributed by atoms with Crippen LogP contribution in [0.2, 0.25) is 0 Å². The number of anilines is 1. The second-order valence-electron chi connectivity index (χ2n) is 8.94. The number of amides is 2. The van der Waals surface area contributed by atoms with Crippen LogP contribution in [0.5, 0.6) is 0 Å². The molecule has 1 heterocycles. The van der Waals surface area contributed by atoms with Gasteiger partial charge in [0, 0.05) is 43.7 Å². The number of hydrogen-bond donors (Lipinski definition) is 2. The molecule has 0 unspecified atom stereocenters. The van der Waals surface area contributed by atoms with E-state index in [4.69, 9.17) is 0 Å². The highest BCUT2D eigenvalue weighted by Gasteiger charge is 2.39. The molecule has 0 radical (unpaired) electrons. The van der Waals surface area contributed by atoms with E-state index in [0.717, 1.165) is 58.2 Å². The molecule has 2 aliphatic carbocycles. The molecule has 2 amide bonds. The van der Waals surface area contributed by atoms with Gasteiger partial charge in [-0.2, -0.15) is 0 Å². The van der Waals surface area contributed by atoms with E-state index >= 15 is 0 Å². The fraction of sp³-hybridized carbons (Fsp3) is 0.652. The Kier molecular flexibility index (Phi) is 5.88. The normalized spacial score (nSPS) is 28.5. The third kappa shape index (κ3) is 4.50. The van der Waals surface area contributed by atoms with E-state index in [1.54, 1.807) is 0 Å². The molecule has 0 aromatic heterocycles. The Labute approximate surface area is 168 Å². The molecule has 1 aromatic rings. The number of fused-ring (bicyclic) bond motifs is 1. The number of rotatable bonds is 7. The average molecular weight is 384 g/mol. The lowest BCUT2D eigenvalue weighted by molar-refractivity contribution is -0.126. The van der Waals surface area contributed by atoms with Crippen LogP contribution < -0.4 is 15.5 Å². The Hall–Kier alpha value is -2.04. The molecule has 152 valence electrons. The molecule has 0 saturated heterocycles. The lowest BCUT2D eigenvalue weighted by Gasteiger charge is -2.28. The highest BCUT2D eigenvalue weighted by molar-refractivity contribution is 5.81. The highest BCUT2D eigenvalue weighted by Crippen LogP contribution is 2.38. The van der Waals surface area contributed by atoms with E-state index in [-0.39, 0.29) is 23.7 Å². The summed E-state index contributed by atoms with van der Waals surface area (Å²) < 4.78 is 0. The van der Waals surface area contributed by atoms with Crippen molar-refractivity contribution in [3.63, 3.8) is 0 Å². The molecule has 2 saturated carbocycles. The van der Waals surface area contributed by atoms with Gasteiger partial charge in [-0.25, -0.2) is 0 Å². The molecule has 4 rings (SSSR count). The molecule has 1 aliphatic heterocycles. The number of hydrogen-bond acceptors (Lipinski definition) is 3. The SMILES string of the molecule is C[C@@H]1C[C@@H]1C(=O)NCC1CCC(C(=O)NCCN2CCc3ccccc32)CC1. The van der Waals surface area contributed by atoms with Crippen molar-refractivity contribution < 1.29 is 9.59 Å². The molecule has 3 aliphatic rings. The van der Waals surface area contributed by atoms with Gasteiger partial charge in [-0.15, -0.1) is 0 Å². The Bertz CT molecular complexity index is 712. The number of nitrogens with one attached hydrogen (secondary N) is 2. The van der Waals surface area contributed by atoms with Gasteiger partial charge < -0.3 is 15.5 Å². The minimum atomic E-state index is 0.140. The summed E-state index contributed by atoms with van der Waals surface area (Å²) in [5, 5.41) is 6.27. The Morgan fingerprint density at radius 2 is 1.82 bits per heavy atom. The molecule has 2 fully saturated rings. The summed E-state index contributed by atoms with van der Waals surface area (Å²) in [5.74, 6) is 1.93. The van der Waals surface area contributed by atoms with Crippen LogP contribution in [-0.4, -0.2) is 38.0 Å². The minimum absolute atomic E-state index is 0.140. The first kappa shape index (κ1) is 19.3. The van der Waals surface area contributed by atoms with Gasteiger partial charge >= 0.3 is 0 Å². The predicted octanol–water partition coefficient (Wildman–Crippen LogP) is 2.74. The average Bonchev–Trinajstić information content (AvgIpc) is 3.32. The molecule has 0 bridgehead atoms. The molecule has 5 heteroatoms. The number of nitrogens with zero attached hydrogens (tertiary/aromatic N) is 1. The first-order valence-electron chi connectivity index (χ1n) is 11.0. The fourth-order valence-electron chi connectivity index (χ4n) is 4.79. The van der Waals surface area contributed by atoms with Crippen molar-refractivity contribution >= 4 is 17.5 Å². The largest absolute Gasteiger partial charge is 0.369 e. The second kappa shape index (κ2) is 8.54. The van der Waals surface area contributed by atoms with Crippen LogP contribution in [0, 0.1) is 23.7 Å². The van der Waals surface area contributed by atoms with Crippen LogP contribution in [0.15, 0.2) is 24.3 Å². The summed E-state index contributed by atoms with van der Waals surface area (Å²) >= 11 is 0. The van der Waals surface area contributed by atoms with Crippen molar-refractivity contribution in [1.82, 2.24) is 10.6 Å². The van der Waals surface area contributed by atoms with Crippen molar-refractivity contribution in [1.29, 1.82) is 0 Å². The van der Waals surface area contributed by atoms with E-state index in [1.165, 1.54) is 11.3 Å². The second-order valence-corrected chi connectivity index (χ2v) is 8.94. The Morgan fingerprint density at radius 3 is 2.57 bits per heavy atom. The highest BCUT2D eigenvalue weighted by atomic mass is 16.2. The molecular weight excluding hydrogens is 350 g/mol. The topological polar surface area (TPSA) is 61.4 Å². The molecule has 2 atom stereocenters. The van der Waals surface area contributed by atoms with E-state index in [1.807, 2.05) is 0 Å². The standard InChI is InChI=1S/C23H33N3O2/c1-16-14-20(16)23(28)25-15-17-6-8-19(9-7-17)22(27)24-11-13-26-12-10-18-4-2-3-5-21(18)26/h2-5,16-17,19-20H,6-15H2,1H3,(H,24,27)(H,25,28)/t16-,17?,19?,20+/m1/s1. The zero-order valence-corrected chi connectivity index (χ0v) is 17.0. The van der Waals surface area contributed by atoms with Gasteiger partial charge in [0.2, 0.25) is 11.8 Å². The van der Waals surface area contributed by atoms with Crippen LogP contribution >= 0.6 is 0 Å². The van der Waals surface area contributed by atoms with E-state index in [2.05, 4.69) is 46.7 Å². The van der Waals surface area contributed by atoms with Crippen LogP contribution in [0.1, 0.15) is 44.6 Å². The van der Waals surface area contributed by atoms with Crippen LogP contribution in [-0.2, 0) is 16.0 Å². The van der Waals surface area contributed by atoms with Crippen LogP contribution in [0.25, 0.3) is 0 Å². The van der Waals surface area contributed by atoms with Crippen LogP contribution in [0.4, 0.5) is 5.69 Å². The Morgan fingerprint density at radius 1 is 1.07 bits per heavy atom.